The molecule has 0 aliphatic carbocycles. The van der Waals surface area contributed by atoms with Crippen LogP contribution in [0.15, 0.2) is 0 Å². The Kier molecular flexibility index (Phi) is 6.27. The third-order valence-electron chi connectivity index (χ3n) is 3.96. The van der Waals surface area contributed by atoms with Crippen LogP contribution >= 0.6 is 0 Å². The highest BCUT2D eigenvalue weighted by Gasteiger charge is 2.46. The molecule has 2 heterocycles. The Bertz CT molecular complexity index is 380. The van der Waals surface area contributed by atoms with Gasteiger partial charge in [-0.2, -0.15) is 0 Å². The van der Waals surface area contributed by atoms with Crippen LogP contribution in [0.2, 0.25) is 0 Å². The second-order valence-corrected chi connectivity index (χ2v) is 5.57. The highest BCUT2D eigenvalue weighted by Crippen LogP contribution is 2.24. The molecule has 8 N–H and O–H groups in total. The molecule has 11 heteroatoms. The summed E-state index contributed by atoms with van der Waals surface area (Å²) >= 11 is 0. The van der Waals surface area contributed by atoms with Crippen molar-refractivity contribution in [2.45, 2.75) is 61.4 Å². The third-order valence-corrected chi connectivity index (χ3v) is 3.96. The largest absolute Gasteiger partial charge is 0.394 e. The van der Waals surface area contributed by atoms with Gasteiger partial charge in [-0.15, -0.1) is 0 Å². The lowest BCUT2D eigenvalue weighted by Crippen LogP contribution is -2.61. The van der Waals surface area contributed by atoms with E-state index < -0.39 is 74.6 Å². The van der Waals surface area contributed by atoms with Gasteiger partial charge in [0.05, 0.1) is 13.2 Å². The molecule has 0 aromatic rings. The lowest BCUT2D eigenvalue weighted by atomic mass is 9.98. The molecule has 11 nitrogen and oxygen atoms in total. The average Bonchev–Trinajstić information content (AvgIpc) is 2.54. The first kappa shape index (κ1) is 18.9. The highest BCUT2D eigenvalue weighted by atomic mass is 16.7. The molecular formula is C12H22O11. The van der Waals surface area contributed by atoms with Gasteiger partial charge in [0.15, 0.2) is 12.6 Å². The lowest BCUT2D eigenvalue weighted by Gasteiger charge is -2.41. The topological polar surface area (TPSA) is 190 Å². The molecule has 2 aliphatic rings. The minimum absolute atomic E-state index is 0.468. The molecule has 2 aliphatic heterocycles. The van der Waals surface area contributed by atoms with E-state index in [1.165, 1.54) is 0 Å². The Hall–Kier alpha value is -0.440. The van der Waals surface area contributed by atoms with Gasteiger partial charge >= 0.3 is 0 Å². The highest BCUT2D eigenvalue weighted by molar-refractivity contribution is 4.91. The van der Waals surface area contributed by atoms with E-state index in [1.54, 1.807) is 0 Å². The first-order valence-electron chi connectivity index (χ1n) is 7.07. The van der Waals surface area contributed by atoms with Crippen molar-refractivity contribution < 1.29 is 55.1 Å². The second kappa shape index (κ2) is 7.63. The Balaban J connectivity index is 1.94. The molecule has 0 radical (unpaired) electrons. The van der Waals surface area contributed by atoms with E-state index in [2.05, 4.69) is 0 Å². The van der Waals surface area contributed by atoms with Crippen LogP contribution in [-0.2, 0) is 14.2 Å². The fourth-order valence-electron chi connectivity index (χ4n) is 2.46. The summed E-state index contributed by atoms with van der Waals surface area (Å²) in [6.45, 7) is -1.10. The molecule has 0 spiro atoms. The number of hydrogen-bond acceptors (Lipinski definition) is 11. The normalized spacial score (nSPS) is 51.7. The first-order chi connectivity index (χ1) is 10.8. The standard InChI is InChI=1S/C12H22O11/c13-1-3-5(14)8(17)10(19)12(23-3)21-2-4-6(15)7(16)9(18)11(20)22-4/h3-20H,1-2H2/t3?,4-,5?,6-,7+,8+,9-,10?,11-,12+/m1/s1. The van der Waals surface area contributed by atoms with Crippen LogP contribution in [0.5, 0.6) is 0 Å². The maximum atomic E-state index is 9.78. The summed E-state index contributed by atoms with van der Waals surface area (Å²) in [5, 5.41) is 76.1. The quantitative estimate of drug-likeness (QED) is 0.243. The molecule has 0 saturated carbocycles. The molecule has 23 heavy (non-hydrogen) atoms. The molecule has 136 valence electrons. The lowest BCUT2D eigenvalue weighted by molar-refractivity contribution is -0.325. The van der Waals surface area contributed by atoms with Crippen LogP contribution in [0.1, 0.15) is 0 Å². The van der Waals surface area contributed by atoms with Crippen molar-refractivity contribution in [3.8, 4) is 0 Å². The Morgan fingerprint density at radius 1 is 0.652 bits per heavy atom. The van der Waals surface area contributed by atoms with Crippen LogP contribution in [0.4, 0.5) is 0 Å². The van der Waals surface area contributed by atoms with Crippen molar-refractivity contribution in [1.82, 2.24) is 0 Å². The average molecular weight is 342 g/mol. The van der Waals surface area contributed by atoms with Crippen molar-refractivity contribution >= 4 is 0 Å². The molecule has 2 saturated heterocycles. The van der Waals surface area contributed by atoms with Crippen LogP contribution in [0.25, 0.3) is 0 Å². The van der Waals surface area contributed by atoms with E-state index in [4.69, 9.17) is 19.3 Å². The maximum absolute atomic E-state index is 9.78. The summed E-state index contributed by atoms with van der Waals surface area (Å²) in [7, 11) is 0. The molecule has 0 aromatic heterocycles. The van der Waals surface area contributed by atoms with Crippen LogP contribution in [-0.4, -0.2) is 115 Å². The summed E-state index contributed by atoms with van der Waals surface area (Å²) in [5.74, 6) is 0. The van der Waals surface area contributed by atoms with Gasteiger partial charge in [-0.05, 0) is 0 Å². The Morgan fingerprint density at radius 2 is 1.22 bits per heavy atom. The van der Waals surface area contributed by atoms with Crippen molar-refractivity contribution in [1.29, 1.82) is 0 Å². The fraction of sp³-hybridized carbons (Fsp3) is 1.00. The predicted molar refractivity (Wildman–Crippen MR) is 68.6 cm³/mol. The SMILES string of the molecule is OCC1O[C@H](OC[C@H]2O[C@@H](O)[C@H](O)[C@@H](O)[C@@H]2O)C(O)[C@@H](O)C1O. The van der Waals surface area contributed by atoms with E-state index in [-0.39, 0.29) is 0 Å². The van der Waals surface area contributed by atoms with Gasteiger partial charge in [-0.25, -0.2) is 0 Å². The van der Waals surface area contributed by atoms with Crippen LogP contribution in [0, 0.1) is 0 Å². The van der Waals surface area contributed by atoms with E-state index >= 15 is 0 Å². The smallest absolute Gasteiger partial charge is 0.186 e. The van der Waals surface area contributed by atoms with Crippen LogP contribution < -0.4 is 0 Å². The molecule has 2 fully saturated rings. The Labute approximate surface area is 130 Å². The first-order valence-corrected chi connectivity index (χ1v) is 7.07. The summed E-state index contributed by atoms with van der Waals surface area (Å²) in [4.78, 5) is 0. The van der Waals surface area contributed by atoms with E-state index in [0.717, 1.165) is 0 Å². The second-order valence-electron chi connectivity index (χ2n) is 5.57. The van der Waals surface area contributed by atoms with Gasteiger partial charge in [0.1, 0.15) is 48.8 Å². The predicted octanol–water partition coefficient (Wildman–Crippen LogP) is -5.40. The number of aliphatic hydroxyl groups excluding tert-OH is 8. The molecule has 10 atom stereocenters. The van der Waals surface area contributed by atoms with Crippen molar-refractivity contribution in [3.63, 3.8) is 0 Å². The van der Waals surface area contributed by atoms with E-state index in [0.29, 0.717) is 0 Å². The number of aliphatic hydroxyl groups is 8. The summed E-state index contributed by atoms with van der Waals surface area (Å²) in [5.41, 5.74) is 0. The van der Waals surface area contributed by atoms with E-state index in [9.17, 15) is 35.7 Å². The summed E-state index contributed by atoms with van der Waals surface area (Å²) < 4.78 is 15.1. The zero-order valence-corrected chi connectivity index (χ0v) is 12.0. The minimum Gasteiger partial charge on any atom is -0.394 e. The maximum Gasteiger partial charge on any atom is 0.186 e. The number of rotatable bonds is 4. The minimum atomic E-state index is -1.74. The zero-order valence-electron chi connectivity index (χ0n) is 12.0. The van der Waals surface area contributed by atoms with Crippen molar-refractivity contribution in [3.05, 3.63) is 0 Å². The summed E-state index contributed by atoms with van der Waals surface area (Å²) in [6, 6.07) is 0. The van der Waals surface area contributed by atoms with Crippen LogP contribution in [0.3, 0.4) is 0 Å². The molecular weight excluding hydrogens is 320 g/mol. The van der Waals surface area contributed by atoms with Gasteiger partial charge in [-0.3, -0.25) is 0 Å². The number of ether oxygens (including phenoxy) is 3. The van der Waals surface area contributed by atoms with Gasteiger partial charge < -0.3 is 55.1 Å². The monoisotopic (exact) mass is 342 g/mol. The van der Waals surface area contributed by atoms with Gasteiger partial charge in [-0.1, -0.05) is 0 Å². The van der Waals surface area contributed by atoms with Gasteiger partial charge in [0, 0.05) is 0 Å². The molecule has 2 rings (SSSR count). The molecule has 0 amide bonds. The molecule has 0 aromatic carbocycles. The van der Waals surface area contributed by atoms with Crippen molar-refractivity contribution in [2.75, 3.05) is 13.2 Å². The van der Waals surface area contributed by atoms with Gasteiger partial charge in [0.25, 0.3) is 0 Å². The number of hydrogen-bond donors (Lipinski definition) is 8. The fourth-order valence-corrected chi connectivity index (χ4v) is 2.46. The molecule has 0 bridgehead atoms. The van der Waals surface area contributed by atoms with Crippen molar-refractivity contribution in [2.24, 2.45) is 0 Å². The summed E-state index contributed by atoms with van der Waals surface area (Å²) in [6.07, 6.45) is -15.3. The Morgan fingerprint density at radius 3 is 1.83 bits per heavy atom. The van der Waals surface area contributed by atoms with E-state index in [1.807, 2.05) is 0 Å². The zero-order chi connectivity index (χ0) is 17.3. The van der Waals surface area contributed by atoms with Gasteiger partial charge in [0.2, 0.25) is 0 Å². The molecule has 3 unspecified atom stereocenters. The third kappa shape index (κ3) is 3.81.